The molecule has 14 heavy (non-hydrogen) atoms. The molecule has 0 unspecified atom stereocenters. The minimum absolute atomic E-state index is 0.344. The van der Waals surface area contributed by atoms with Gasteiger partial charge < -0.3 is 15.8 Å². The third kappa shape index (κ3) is 1.93. The lowest BCUT2D eigenvalue weighted by Gasteiger charge is -2.33. The third-order valence-corrected chi connectivity index (χ3v) is 2.38. The Bertz CT molecular complexity index is 311. The zero-order valence-corrected chi connectivity index (χ0v) is 8.10. The molecule has 2 rings (SSSR count). The number of nitrogens with one attached hydrogen (secondary N) is 1. The lowest BCUT2D eigenvalue weighted by atomic mass is 9.88. The van der Waals surface area contributed by atoms with Gasteiger partial charge in [-0.1, -0.05) is 0 Å². The molecule has 1 saturated carbocycles. The van der Waals surface area contributed by atoms with Crippen molar-refractivity contribution in [1.29, 1.82) is 0 Å². The van der Waals surface area contributed by atoms with E-state index in [9.17, 15) is 0 Å². The summed E-state index contributed by atoms with van der Waals surface area (Å²) in [7, 11) is 1.59. The topological polar surface area (TPSA) is 73.1 Å². The zero-order chi connectivity index (χ0) is 9.97. The molecule has 0 aromatic carbocycles. The van der Waals surface area contributed by atoms with E-state index < -0.39 is 0 Å². The summed E-state index contributed by atoms with van der Waals surface area (Å²) < 4.78 is 4.99. The van der Waals surface area contributed by atoms with Crippen LogP contribution in [0.25, 0.3) is 0 Å². The molecule has 1 aromatic rings. The first-order chi connectivity index (χ1) is 6.78. The maximum Gasteiger partial charge on any atom is 0.218 e. The van der Waals surface area contributed by atoms with E-state index in [0.717, 1.165) is 18.7 Å². The Hall–Kier alpha value is -1.36. The van der Waals surface area contributed by atoms with Gasteiger partial charge in [-0.3, -0.25) is 0 Å². The van der Waals surface area contributed by atoms with E-state index in [1.165, 1.54) is 6.33 Å². The van der Waals surface area contributed by atoms with E-state index in [4.69, 9.17) is 10.5 Å². The maximum atomic E-state index is 5.68. The summed E-state index contributed by atoms with van der Waals surface area (Å²) in [6.07, 6.45) is 3.50. The first-order valence-corrected chi connectivity index (χ1v) is 4.66. The van der Waals surface area contributed by atoms with Crippen molar-refractivity contribution in [2.75, 3.05) is 12.4 Å². The van der Waals surface area contributed by atoms with Crippen LogP contribution < -0.4 is 15.8 Å². The zero-order valence-electron chi connectivity index (χ0n) is 8.10. The summed E-state index contributed by atoms with van der Waals surface area (Å²) in [5, 5.41) is 3.27. The van der Waals surface area contributed by atoms with E-state index in [1.807, 2.05) is 0 Å². The molecule has 0 radical (unpaired) electrons. The molecule has 0 atom stereocenters. The second-order valence-corrected chi connectivity index (χ2v) is 3.52. The second kappa shape index (κ2) is 3.79. The SMILES string of the molecule is COc1cc(NC2CC(N)C2)ncn1. The highest BCUT2D eigenvalue weighted by Crippen LogP contribution is 2.22. The molecule has 0 saturated heterocycles. The Morgan fingerprint density at radius 1 is 1.50 bits per heavy atom. The summed E-state index contributed by atoms with van der Waals surface area (Å²) >= 11 is 0. The lowest BCUT2D eigenvalue weighted by Crippen LogP contribution is -2.44. The van der Waals surface area contributed by atoms with Crippen molar-refractivity contribution in [2.24, 2.45) is 5.73 Å². The number of rotatable bonds is 3. The second-order valence-electron chi connectivity index (χ2n) is 3.52. The molecule has 0 aliphatic heterocycles. The van der Waals surface area contributed by atoms with Gasteiger partial charge in [0.25, 0.3) is 0 Å². The summed E-state index contributed by atoms with van der Waals surface area (Å²) in [6, 6.07) is 2.57. The molecule has 1 aliphatic rings. The highest BCUT2D eigenvalue weighted by Gasteiger charge is 2.25. The Labute approximate surface area is 82.7 Å². The summed E-state index contributed by atoms with van der Waals surface area (Å²) in [4.78, 5) is 8.02. The Morgan fingerprint density at radius 3 is 2.93 bits per heavy atom. The normalized spacial score (nSPS) is 25.3. The summed E-state index contributed by atoms with van der Waals surface area (Å²) in [5.41, 5.74) is 5.68. The standard InChI is InChI=1S/C9H14N4O/c1-14-9-4-8(11-5-12-9)13-7-2-6(10)3-7/h4-7H,2-3,10H2,1H3,(H,11,12,13). The fourth-order valence-corrected chi connectivity index (χ4v) is 1.52. The van der Waals surface area contributed by atoms with E-state index in [0.29, 0.717) is 18.0 Å². The van der Waals surface area contributed by atoms with Crippen LogP contribution in [0, 0.1) is 0 Å². The summed E-state index contributed by atoms with van der Waals surface area (Å²) in [5.74, 6) is 1.37. The highest BCUT2D eigenvalue weighted by molar-refractivity contribution is 5.38. The van der Waals surface area contributed by atoms with Gasteiger partial charge in [0, 0.05) is 18.2 Å². The molecule has 0 bridgehead atoms. The highest BCUT2D eigenvalue weighted by atomic mass is 16.5. The predicted molar refractivity (Wildman–Crippen MR) is 53.2 cm³/mol. The minimum Gasteiger partial charge on any atom is -0.481 e. The van der Waals surface area contributed by atoms with Crippen LogP contribution in [0.3, 0.4) is 0 Å². The van der Waals surface area contributed by atoms with E-state index in [-0.39, 0.29) is 0 Å². The molecule has 5 heteroatoms. The molecular formula is C9H14N4O. The number of nitrogens with zero attached hydrogens (tertiary/aromatic N) is 2. The first-order valence-electron chi connectivity index (χ1n) is 4.66. The van der Waals surface area contributed by atoms with Gasteiger partial charge in [-0.25, -0.2) is 9.97 Å². The molecule has 1 heterocycles. The lowest BCUT2D eigenvalue weighted by molar-refractivity contribution is 0.371. The number of anilines is 1. The van der Waals surface area contributed by atoms with Crippen LogP contribution in [0.5, 0.6) is 5.88 Å². The van der Waals surface area contributed by atoms with Gasteiger partial charge in [0.2, 0.25) is 5.88 Å². The van der Waals surface area contributed by atoms with Crippen LogP contribution in [-0.4, -0.2) is 29.2 Å². The molecule has 1 aliphatic carbocycles. The predicted octanol–water partition coefficient (Wildman–Crippen LogP) is 0.387. The number of aromatic nitrogens is 2. The van der Waals surface area contributed by atoms with Gasteiger partial charge >= 0.3 is 0 Å². The average molecular weight is 194 g/mol. The monoisotopic (exact) mass is 194 g/mol. The van der Waals surface area contributed by atoms with E-state index in [2.05, 4.69) is 15.3 Å². The van der Waals surface area contributed by atoms with Crippen molar-refractivity contribution in [2.45, 2.75) is 24.9 Å². The smallest absolute Gasteiger partial charge is 0.218 e. The number of methoxy groups -OCH3 is 1. The van der Waals surface area contributed by atoms with Crippen LogP contribution in [0.1, 0.15) is 12.8 Å². The van der Waals surface area contributed by atoms with Crippen molar-refractivity contribution in [3.63, 3.8) is 0 Å². The molecule has 3 N–H and O–H groups in total. The maximum absolute atomic E-state index is 5.68. The molecule has 0 spiro atoms. The fourth-order valence-electron chi connectivity index (χ4n) is 1.52. The molecule has 1 aromatic heterocycles. The van der Waals surface area contributed by atoms with Crippen molar-refractivity contribution >= 4 is 5.82 Å². The van der Waals surface area contributed by atoms with E-state index >= 15 is 0 Å². The summed E-state index contributed by atoms with van der Waals surface area (Å²) in [6.45, 7) is 0. The first kappa shape index (κ1) is 9.21. The molecular weight excluding hydrogens is 180 g/mol. The van der Waals surface area contributed by atoms with Crippen LogP contribution in [0.15, 0.2) is 12.4 Å². The molecule has 0 amide bonds. The van der Waals surface area contributed by atoms with Crippen molar-refractivity contribution in [3.8, 4) is 5.88 Å². The van der Waals surface area contributed by atoms with Crippen molar-refractivity contribution in [1.82, 2.24) is 9.97 Å². The van der Waals surface area contributed by atoms with Gasteiger partial charge in [-0.15, -0.1) is 0 Å². The van der Waals surface area contributed by atoms with E-state index in [1.54, 1.807) is 13.2 Å². The number of hydrogen-bond acceptors (Lipinski definition) is 5. The number of hydrogen-bond donors (Lipinski definition) is 2. The largest absolute Gasteiger partial charge is 0.481 e. The van der Waals surface area contributed by atoms with Gasteiger partial charge in [-0.05, 0) is 12.8 Å². The van der Waals surface area contributed by atoms with Crippen LogP contribution >= 0.6 is 0 Å². The van der Waals surface area contributed by atoms with Gasteiger partial charge in [0.1, 0.15) is 12.1 Å². The minimum atomic E-state index is 0.344. The van der Waals surface area contributed by atoms with Gasteiger partial charge in [0.15, 0.2) is 0 Å². The van der Waals surface area contributed by atoms with Gasteiger partial charge in [0.05, 0.1) is 7.11 Å². The van der Waals surface area contributed by atoms with Crippen LogP contribution in [0.4, 0.5) is 5.82 Å². The van der Waals surface area contributed by atoms with Crippen LogP contribution in [0.2, 0.25) is 0 Å². The van der Waals surface area contributed by atoms with Crippen molar-refractivity contribution < 1.29 is 4.74 Å². The fraction of sp³-hybridized carbons (Fsp3) is 0.556. The average Bonchev–Trinajstić information content (AvgIpc) is 2.16. The Morgan fingerprint density at radius 2 is 2.29 bits per heavy atom. The molecule has 5 nitrogen and oxygen atoms in total. The third-order valence-electron chi connectivity index (χ3n) is 2.38. The Kier molecular flexibility index (Phi) is 2.49. The molecule has 1 fully saturated rings. The van der Waals surface area contributed by atoms with Gasteiger partial charge in [-0.2, -0.15) is 0 Å². The number of nitrogens with two attached hydrogens (primary N) is 1. The quantitative estimate of drug-likeness (QED) is 0.728. The van der Waals surface area contributed by atoms with Crippen molar-refractivity contribution in [3.05, 3.63) is 12.4 Å². The Balaban J connectivity index is 1.95. The van der Waals surface area contributed by atoms with Crippen LogP contribution in [-0.2, 0) is 0 Å². The molecule has 76 valence electrons. The number of ether oxygens (including phenoxy) is 1.